The molecule has 30 heavy (non-hydrogen) atoms. The zero-order chi connectivity index (χ0) is 21.5. The van der Waals surface area contributed by atoms with Gasteiger partial charge in [0.2, 0.25) is 5.91 Å². The summed E-state index contributed by atoms with van der Waals surface area (Å²) in [5.41, 5.74) is 4.57. The summed E-state index contributed by atoms with van der Waals surface area (Å²) in [4.78, 5) is 36.0. The zero-order valence-corrected chi connectivity index (χ0v) is 16.7. The number of carbonyl (C=O) groups excluding carboxylic acids is 3. The number of fused-ring (bicyclic) bond motifs is 1. The van der Waals surface area contributed by atoms with Crippen LogP contribution in [0.2, 0.25) is 0 Å². The highest BCUT2D eigenvalue weighted by molar-refractivity contribution is 6.39. The van der Waals surface area contributed by atoms with Crippen LogP contribution in [0.1, 0.15) is 18.9 Å². The van der Waals surface area contributed by atoms with E-state index in [1.54, 1.807) is 37.3 Å². The van der Waals surface area contributed by atoms with Crippen molar-refractivity contribution in [3.8, 4) is 11.5 Å². The van der Waals surface area contributed by atoms with Gasteiger partial charge in [-0.3, -0.25) is 14.4 Å². The van der Waals surface area contributed by atoms with Crippen LogP contribution in [0.25, 0.3) is 0 Å². The molecule has 1 aliphatic heterocycles. The lowest BCUT2D eigenvalue weighted by Gasteiger charge is -2.19. The Morgan fingerprint density at radius 3 is 2.30 bits per heavy atom. The van der Waals surface area contributed by atoms with E-state index in [4.69, 9.17) is 9.47 Å². The van der Waals surface area contributed by atoms with Crippen molar-refractivity contribution in [3.63, 3.8) is 0 Å². The minimum atomic E-state index is -0.929. The van der Waals surface area contributed by atoms with Crippen molar-refractivity contribution < 1.29 is 23.9 Å². The Hall–Kier alpha value is -3.88. The van der Waals surface area contributed by atoms with Crippen LogP contribution in [0.15, 0.2) is 47.6 Å². The van der Waals surface area contributed by atoms with Crippen LogP contribution in [-0.4, -0.2) is 36.6 Å². The molecule has 9 heteroatoms. The lowest BCUT2D eigenvalue weighted by atomic mass is 10.2. The van der Waals surface area contributed by atoms with E-state index in [1.807, 2.05) is 19.1 Å². The Labute approximate surface area is 173 Å². The second-order valence-electron chi connectivity index (χ2n) is 6.69. The molecule has 2 aromatic rings. The molecule has 3 amide bonds. The monoisotopic (exact) mass is 410 g/mol. The van der Waals surface area contributed by atoms with Crippen LogP contribution in [-0.2, 0) is 14.4 Å². The molecule has 0 aromatic heterocycles. The van der Waals surface area contributed by atoms with Gasteiger partial charge >= 0.3 is 11.8 Å². The average Bonchev–Trinajstić information content (AvgIpc) is 2.73. The second-order valence-corrected chi connectivity index (χ2v) is 6.69. The third-order valence-corrected chi connectivity index (χ3v) is 4.11. The summed E-state index contributed by atoms with van der Waals surface area (Å²) >= 11 is 0. The standard InChI is InChI=1S/C21H22N4O5/c1-13-3-5-15(6-4-13)23-20(27)21(28)25-24-14(2)11-19(26)22-16-7-8-17-18(12-16)30-10-9-29-17/h3-8,12H,9-11H2,1-2H3,(H,22,26)(H,23,27)(H,25,28). The topological polar surface area (TPSA) is 118 Å². The summed E-state index contributed by atoms with van der Waals surface area (Å²) < 4.78 is 10.9. The Morgan fingerprint density at radius 2 is 1.57 bits per heavy atom. The third kappa shape index (κ3) is 5.81. The lowest BCUT2D eigenvalue weighted by molar-refractivity contribution is -0.136. The molecule has 1 aliphatic rings. The van der Waals surface area contributed by atoms with E-state index in [1.165, 1.54) is 0 Å². The minimum Gasteiger partial charge on any atom is -0.486 e. The first-order chi connectivity index (χ1) is 14.4. The molecule has 3 rings (SSSR count). The zero-order valence-electron chi connectivity index (χ0n) is 16.7. The Balaban J connectivity index is 1.48. The Kier molecular flexibility index (Phi) is 6.63. The number of nitrogens with one attached hydrogen (secondary N) is 3. The number of hydrazone groups is 1. The van der Waals surface area contributed by atoms with Gasteiger partial charge in [0.05, 0.1) is 6.42 Å². The van der Waals surface area contributed by atoms with E-state index in [9.17, 15) is 14.4 Å². The normalized spacial score (nSPS) is 12.7. The molecule has 3 N–H and O–H groups in total. The van der Waals surface area contributed by atoms with Gasteiger partial charge in [0.1, 0.15) is 13.2 Å². The smallest absolute Gasteiger partial charge is 0.329 e. The van der Waals surface area contributed by atoms with E-state index in [0.29, 0.717) is 41.8 Å². The SMILES string of the molecule is CC(CC(=O)Nc1ccc2c(c1)OCCO2)=NNC(=O)C(=O)Nc1ccc(C)cc1. The van der Waals surface area contributed by atoms with Gasteiger partial charge in [-0.25, -0.2) is 5.43 Å². The molecule has 0 unspecified atom stereocenters. The number of ether oxygens (including phenoxy) is 2. The summed E-state index contributed by atoms with van der Waals surface area (Å²) in [7, 11) is 0. The molecular formula is C21H22N4O5. The van der Waals surface area contributed by atoms with Gasteiger partial charge in [-0.1, -0.05) is 17.7 Å². The summed E-state index contributed by atoms with van der Waals surface area (Å²) in [5.74, 6) is -0.913. The maximum Gasteiger partial charge on any atom is 0.329 e. The Bertz CT molecular complexity index is 985. The fraction of sp³-hybridized carbons (Fsp3) is 0.238. The summed E-state index contributed by atoms with van der Waals surface area (Å²) in [5, 5.41) is 9.00. The first kappa shape index (κ1) is 20.8. The van der Waals surface area contributed by atoms with Crippen LogP contribution >= 0.6 is 0 Å². The fourth-order valence-corrected chi connectivity index (χ4v) is 2.62. The highest BCUT2D eigenvalue weighted by Gasteiger charge is 2.15. The number of hydrogen-bond acceptors (Lipinski definition) is 6. The van der Waals surface area contributed by atoms with E-state index < -0.39 is 11.8 Å². The van der Waals surface area contributed by atoms with Crippen molar-refractivity contribution >= 4 is 34.8 Å². The van der Waals surface area contributed by atoms with Gasteiger partial charge in [0.25, 0.3) is 0 Å². The molecule has 9 nitrogen and oxygen atoms in total. The average molecular weight is 410 g/mol. The minimum absolute atomic E-state index is 0.0612. The molecule has 0 radical (unpaired) electrons. The van der Waals surface area contributed by atoms with Crippen molar-refractivity contribution in [2.75, 3.05) is 23.8 Å². The van der Waals surface area contributed by atoms with Crippen LogP contribution in [0.4, 0.5) is 11.4 Å². The summed E-state index contributed by atoms with van der Waals surface area (Å²) in [6.07, 6.45) is -0.0612. The van der Waals surface area contributed by atoms with Gasteiger partial charge in [-0.15, -0.1) is 0 Å². The lowest BCUT2D eigenvalue weighted by Crippen LogP contribution is -2.33. The number of hydrogen-bond donors (Lipinski definition) is 3. The van der Waals surface area contributed by atoms with E-state index in [0.717, 1.165) is 5.56 Å². The highest BCUT2D eigenvalue weighted by atomic mass is 16.6. The number of carbonyl (C=O) groups is 3. The number of anilines is 2. The number of aryl methyl sites for hydroxylation is 1. The van der Waals surface area contributed by atoms with Crippen molar-refractivity contribution in [1.29, 1.82) is 0 Å². The molecule has 2 aromatic carbocycles. The molecule has 0 atom stereocenters. The number of rotatable bonds is 5. The molecule has 0 saturated heterocycles. The predicted molar refractivity (Wildman–Crippen MR) is 112 cm³/mol. The van der Waals surface area contributed by atoms with Gasteiger partial charge < -0.3 is 20.1 Å². The molecule has 0 spiro atoms. The third-order valence-electron chi connectivity index (χ3n) is 4.11. The molecule has 1 heterocycles. The molecule has 0 fully saturated rings. The first-order valence-electron chi connectivity index (χ1n) is 9.31. The number of amides is 3. The van der Waals surface area contributed by atoms with Crippen LogP contribution < -0.4 is 25.5 Å². The first-order valence-corrected chi connectivity index (χ1v) is 9.31. The van der Waals surface area contributed by atoms with Crippen molar-refractivity contribution in [1.82, 2.24) is 5.43 Å². The largest absolute Gasteiger partial charge is 0.486 e. The Morgan fingerprint density at radius 1 is 0.900 bits per heavy atom. The maximum atomic E-state index is 12.2. The van der Waals surface area contributed by atoms with Gasteiger partial charge in [-0.2, -0.15) is 5.10 Å². The molecule has 0 aliphatic carbocycles. The van der Waals surface area contributed by atoms with Crippen molar-refractivity contribution in [2.45, 2.75) is 20.3 Å². The molecular weight excluding hydrogens is 388 g/mol. The summed E-state index contributed by atoms with van der Waals surface area (Å²) in [6, 6.07) is 12.1. The van der Waals surface area contributed by atoms with Crippen molar-refractivity contribution in [3.05, 3.63) is 48.0 Å². The van der Waals surface area contributed by atoms with Crippen LogP contribution in [0, 0.1) is 6.92 Å². The predicted octanol–water partition coefficient (Wildman–Crippen LogP) is 2.23. The van der Waals surface area contributed by atoms with Crippen LogP contribution in [0.3, 0.4) is 0 Å². The van der Waals surface area contributed by atoms with E-state index in [2.05, 4.69) is 21.2 Å². The quantitative estimate of drug-likeness (QED) is 0.397. The van der Waals surface area contributed by atoms with Crippen LogP contribution in [0.5, 0.6) is 11.5 Å². The van der Waals surface area contributed by atoms with Gasteiger partial charge in [0, 0.05) is 23.2 Å². The second kappa shape index (κ2) is 9.55. The highest BCUT2D eigenvalue weighted by Crippen LogP contribution is 2.32. The molecule has 156 valence electrons. The maximum absolute atomic E-state index is 12.2. The number of benzene rings is 2. The van der Waals surface area contributed by atoms with E-state index in [-0.39, 0.29) is 12.3 Å². The molecule has 0 saturated carbocycles. The summed E-state index contributed by atoms with van der Waals surface area (Å²) in [6.45, 7) is 4.43. The fourth-order valence-electron chi connectivity index (χ4n) is 2.62. The number of nitrogens with zero attached hydrogens (tertiary/aromatic N) is 1. The van der Waals surface area contributed by atoms with Crippen molar-refractivity contribution in [2.24, 2.45) is 5.10 Å². The van der Waals surface area contributed by atoms with Gasteiger partial charge in [-0.05, 0) is 38.1 Å². The van der Waals surface area contributed by atoms with Gasteiger partial charge in [0.15, 0.2) is 11.5 Å². The van der Waals surface area contributed by atoms with E-state index >= 15 is 0 Å². The molecule has 0 bridgehead atoms.